The minimum atomic E-state index is 0.110. The average molecular weight is 261 g/mol. The van der Waals surface area contributed by atoms with Crippen LogP contribution in [0.1, 0.15) is 11.1 Å². The molecule has 0 bridgehead atoms. The Hall–Kier alpha value is -1.39. The van der Waals surface area contributed by atoms with E-state index in [1.165, 1.54) is 5.56 Å². The fourth-order valence-electron chi connectivity index (χ4n) is 2.24. The van der Waals surface area contributed by atoms with Gasteiger partial charge in [0.2, 0.25) is 5.91 Å². The van der Waals surface area contributed by atoms with Crippen LogP contribution in [0.5, 0.6) is 0 Å². The maximum Gasteiger partial charge on any atom is 0.224 e. The van der Waals surface area contributed by atoms with Crippen molar-refractivity contribution in [2.24, 2.45) is 0 Å². The van der Waals surface area contributed by atoms with E-state index < -0.39 is 0 Å². The number of piperazine rings is 1. The van der Waals surface area contributed by atoms with Crippen LogP contribution in [-0.2, 0) is 11.2 Å². The SMILES string of the molecule is Cc1ccc(CC(=O)NCCN2CCNCC2)cc1. The Labute approximate surface area is 115 Å². The highest BCUT2D eigenvalue weighted by molar-refractivity contribution is 5.78. The summed E-state index contributed by atoms with van der Waals surface area (Å²) in [6.45, 7) is 8.00. The summed E-state index contributed by atoms with van der Waals surface area (Å²) < 4.78 is 0. The monoisotopic (exact) mass is 261 g/mol. The Morgan fingerprint density at radius 3 is 2.63 bits per heavy atom. The van der Waals surface area contributed by atoms with Gasteiger partial charge in [-0.1, -0.05) is 29.8 Å². The van der Waals surface area contributed by atoms with Gasteiger partial charge >= 0.3 is 0 Å². The number of amides is 1. The van der Waals surface area contributed by atoms with E-state index in [1.807, 2.05) is 24.3 Å². The topological polar surface area (TPSA) is 44.4 Å². The number of rotatable bonds is 5. The molecule has 0 aromatic heterocycles. The largest absolute Gasteiger partial charge is 0.355 e. The van der Waals surface area contributed by atoms with Crippen LogP contribution in [0.25, 0.3) is 0 Å². The molecule has 0 aliphatic carbocycles. The zero-order valence-electron chi connectivity index (χ0n) is 11.6. The highest BCUT2D eigenvalue weighted by Gasteiger charge is 2.09. The minimum absolute atomic E-state index is 0.110. The van der Waals surface area contributed by atoms with Crippen molar-refractivity contribution in [3.05, 3.63) is 35.4 Å². The Morgan fingerprint density at radius 2 is 1.95 bits per heavy atom. The molecule has 4 nitrogen and oxygen atoms in total. The summed E-state index contributed by atoms with van der Waals surface area (Å²) in [6.07, 6.45) is 0.474. The molecule has 0 unspecified atom stereocenters. The summed E-state index contributed by atoms with van der Waals surface area (Å²) in [5.41, 5.74) is 2.30. The molecule has 19 heavy (non-hydrogen) atoms. The first-order valence-electron chi connectivity index (χ1n) is 6.99. The van der Waals surface area contributed by atoms with Crippen LogP contribution >= 0.6 is 0 Å². The lowest BCUT2D eigenvalue weighted by molar-refractivity contribution is -0.120. The third-order valence-electron chi connectivity index (χ3n) is 3.45. The van der Waals surface area contributed by atoms with E-state index in [0.29, 0.717) is 6.42 Å². The third-order valence-corrected chi connectivity index (χ3v) is 3.45. The highest BCUT2D eigenvalue weighted by Crippen LogP contribution is 2.03. The molecule has 0 spiro atoms. The maximum atomic E-state index is 11.8. The van der Waals surface area contributed by atoms with Gasteiger partial charge in [0.15, 0.2) is 0 Å². The van der Waals surface area contributed by atoms with Gasteiger partial charge in [-0.2, -0.15) is 0 Å². The molecule has 1 aliphatic heterocycles. The van der Waals surface area contributed by atoms with E-state index in [2.05, 4.69) is 22.5 Å². The van der Waals surface area contributed by atoms with E-state index in [4.69, 9.17) is 0 Å². The van der Waals surface area contributed by atoms with E-state index in [1.54, 1.807) is 0 Å². The fraction of sp³-hybridized carbons (Fsp3) is 0.533. The summed E-state index contributed by atoms with van der Waals surface area (Å²) in [4.78, 5) is 14.2. The lowest BCUT2D eigenvalue weighted by Crippen LogP contribution is -2.46. The van der Waals surface area contributed by atoms with Crippen molar-refractivity contribution in [2.75, 3.05) is 39.3 Å². The number of hydrogen-bond donors (Lipinski definition) is 2. The van der Waals surface area contributed by atoms with E-state index >= 15 is 0 Å². The average Bonchev–Trinajstić information content (AvgIpc) is 2.43. The lowest BCUT2D eigenvalue weighted by Gasteiger charge is -2.27. The first kappa shape index (κ1) is 14.0. The van der Waals surface area contributed by atoms with Crippen molar-refractivity contribution in [1.29, 1.82) is 0 Å². The molecule has 0 atom stereocenters. The van der Waals surface area contributed by atoms with Crippen LogP contribution in [-0.4, -0.2) is 50.1 Å². The fourth-order valence-corrected chi connectivity index (χ4v) is 2.24. The second-order valence-corrected chi connectivity index (χ2v) is 5.10. The second kappa shape index (κ2) is 7.26. The second-order valence-electron chi connectivity index (χ2n) is 5.10. The first-order chi connectivity index (χ1) is 9.24. The summed E-state index contributed by atoms with van der Waals surface area (Å²) in [5.74, 6) is 0.110. The normalized spacial score (nSPS) is 16.3. The molecule has 0 saturated carbocycles. The molecular formula is C15H23N3O. The van der Waals surface area contributed by atoms with Crippen molar-refractivity contribution >= 4 is 5.91 Å². The van der Waals surface area contributed by atoms with Crippen LogP contribution in [0, 0.1) is 6.92 Å². The summed E-state index contributed by atoms with van der Waals surface area (Å²) in [6, 6.07) is 8.13. The Bertz CT molecular complexity index is 396. The van der Waals surface area contributed by atoms with Gasteiger partial charge in [-0.25, -0.2) is 0 Å². The zero-order valence-corrected chi connectivity index (χ0v) is 11.6. The summed E-state index contributed by atoms with van der Waals surface area (Å²) in [7, 11) is 0. The van der Waals surface area contributed by atoms with Gasteiger partial charge < -0.3 is 10.6 Å². The minimum Gasteiger partial charge on any atom is -0.355 e. The highest BCUT2D eigenvalue weighted by atomic mass is 16.1. The molecule has 1 amide bonds. The molecule has 1 aromatic rings. The predicted molar refractivity (Wildman–Crippen MR) is 77.2 cm³/mol. The molecule has 2 rings (SSSR count). The summed E-state index contributed by atoms with van der Waals surface area (Å²) in [5, 5.41) is 6.31. The zero-order chi connectivity index (χ0) is 13.5. The molecular weight excluding hydrogens is 238 g/mol. The van der Waals surface area contributed by atoms with Crippen molar-refractivity contribution in [1.82, 2.24) is 15.5 Å². The van der Waals surface area contributed by atoms with E-state index in [-0.39, 0.29) is 5.91 Å². The molecule has 4 heteroatoms. The number of hydrogen-bond acceptors (Lipinski definition) is 3. The summed E-state index contributed by atoms with van der Waals surface area (Å²) >= 11 is 0. The first-order valence-corrected chi connectivity index (χ1v) is 6.99. The van der Waals surface area contributed by atoms with Gasteiger partial charge in [0.25, 0.3) is 0 Å². The van der Waals surface area contributed by atoms with Crippen LogP contribution in [0.15, 0.2) is 24.3 Å². The van der Waals surface area contributed by atoms with Gasteiger partial charge in [-0.15, -0.1) is 0 Å². The van der Waals surface area contributed by atoms with Gasteiger partial charge in [0, 0.05) is 39.3 Å². The maximum absolute atomic E-state index is 11.8. The Kier molecular flexibility index (Phi) is 5.36. The Morgan fingerprint density at radius 1 is 1.26 bits per heavy atom. The number of aryl methyl sites for hydroxylation is 1. The van der Waals surface area contributed by atoms with Gasteiger partial charge in [0.1, 0.15) is 0 Å². The number of benzene rings is 1. The molecule has 1 aromatic carbocycles. The number of carbonyl (C=O) groups is 1. The van der Waals surface area contributed by atoms with Gasteiger partial charge in [0.05, 0.1) is 6.42 Å². The van der Waals surface area contributed by atoms with Crippen LogP contribution in [0.4, 0.5) is 0 Å². The molecule has 1 aliphatic rings. The van der Waals surface area contributed by atoms with E-state index in [0.717, 1.165) is 44.8 Å². The van der Waals surface area contributed by atoms with Crippen molar-refractivity contribution in [2.45, 2.75) is 13.3 Å². The number of nitrogens with zero attached hydrogens (tertiary/aromatic N) is 1. The molecule has 0 radical (unpaired) electrons. The van der Waals surface area contributed by atoms with Crippen molar-refractivity contribution in [3.8, 4) is 0 Å². The van der Waals surface area contributed by atoms with Gasteiger partial charge in [-0.05, 0) is 12.5 Å². The van der Waals surface area contributed by atoms with Crippen LogP contribution < -0.4 is 10.6 Å². The molecule has 2 N–H and O–H groups in total. The molecule has 1 fully saturated rings. The molecule has 104 valence electrons. The van der Waals surface area contributed by atoms with Gasteiger partial charge in [-0.3, -0.25) is 9.69 Å². The quantitative estimate of drug-likeness (QED) is 0.814. The molecule has 1 heterocycles. The van der Waals surface area contributed by atoms with Crippen LogP contribution in [0.3, 0.4) is 0 Å². The number of carbonyl (C=O) groups excluding carboxylic acids is 1. The molecule has 1 saturated heterocycles. The van der Waals surface area contributed by atoms with E-state index in [9.17, 15) is 4.79 Å². The predicted octanol–water partition coefficient (Wildman–Crippen LogP) is 0.559. The standard InChI is InChI=1S/C15H23N3O/c1-13-2-4-14(5-3-13)12-15(19)17-8-11-18-9-6-16-7-10-18/h2-5,16H,6-12H2,1H3,(H,17,19). The lowest BCUT2D eigenvalue weighted by atomic mass is 10.1. The van der Waals surface area contributed by atoms with Crippen molar-refractivity contribution < 1.29 is 4.79 Å². The van der Waals surface area contributed by atoms with Crippen LogP contribution in [0.2, 0.25) is 0 Å². The van der Waals surface area contributed by atoms with Crippen molar-refractivity contribution in [3.63, 3.8) is 0 Å². The number of nitrogens with one attached hydrogen (secondary N) is 2. The smallest absolute Gasteiger partial charge is 0.224 e. The third kappa shape index (κ3) is 5.01. The Balaban J connectivity index is 1.65.